The molecule has 0 fully saturated rings. The highest BCUT2D eigenvalue weighted by Gasteiger charge is 2.01. The number of rotatable bonds is 6. The van der Waals surface area contributed by atoms with Gasteiger partial charge in [-0.2, -0.15) is 0 Å². The minimum absolute atomic E-state index is 0.147. The Balaban J connectivity index is 3.27. The maximum atomic E-state index is 10.8. The molecule has 0 saturated carbocycles. The molecule has 70 valence electrons. The SMILES string of the molecule is CC(C)CNC(=O)CONC=O. The first-order chi connectivity index (χ1) is 5.66. The van der Waals surface area contributed by atoms with Crippen molar-refractivity contribution in [3.05, 3.63) is 0 Å². The van der Waals surface area contributed by atoms with Crippen LogP contribution in [0.25, 0.3) is 0 Å². The van der Waals surface area contributed by atoms with E-state index in [4.69, 9.17) is 0 Å². The van der Waals surface area contributed by atoms with Crippen LogP contribution in [0.2, 0.25) is 0 Å². The van der Waals surface area contributed by atoms with Gasteiger partial charge in [-0.1, -0.05) is 13.8 Å². The second-order valence-electron chi connectivity index (χ2n) is 2.72. The zero-order valence-electron chi connectivity index (χ0n) is 7.29. The normalized spacial score (nSPS) is 9.58. The van der Waals surface area contributed by atoms with Crippen molar-refractivity contribution in [2.24, 2.45) is 5.92 Å². The van der Waals surface area contributed by atoms with Gasteiger partial charge in [0.25, 0.3) is 0 Å². The fraction of sp³-hybridized carbons (Fsp3) is 0.714. The molecule has 0 aromatic carbocycles. The summed E-state index contributed by atoms with van der Waals surface area (Å²) in [4.78, 5) is 25.0. The van der Waals surface area contributed by atoms with Gasteiger partial charge < -0.3 is 5.32 Å². The van der Waals surface area contributed by atoms with Crippen LogP contribution >= 0.6 is 0 Å². The third-order valence-corrected chi connectivity index (χ3v) is 1.04. The standard InChI is InChI=1S/C7H14N2O3/c1-6(2)3-8-7(11)4-12-9-5-10/h5-6H,3-4H2,1-2H3,(H,8,11)(H,9,10). The Morgan fingerprint density at radius 1 is 1.58 bits per heavy atom. The van der Waals surface area contributed by atoms with Gasteiger partial charge in [0, 0.05) is 6.54 Å². The molecule has 0 aliphatic rings. The number of hydrogen-bond donors (Lipinski definition) is 2. The molecule has 12 heavy (non-hydrogen) atoms. The Bertz CT molecular complexity index is 148. The molecule has 0 aliphatic carbocycles. The predicted octanol–water partition coefficient (Wildman–Crippen LogP) is -0.564. The van der Waals surface area contributed by atoms with Gasteiger partial charge >= 0.3 is 0 Å². The molecule has 0 spiro atoms. The summed E-state index contributed by atoms with van der Waals surface area (Å²) >= 11 is 0. The van der Waals surface area contributed by atoms with Gasteiger partial charge in [0.1, 0.15) is 0 Å². The van der Waals surface area contributed by atoms with Crippen molar-refractivity contribution in [1.82, 2.24) is 10.8 Å². The summed E-state index contributed by atoms with van der Waals surface area (Å²) in [6, 6.07) is 0. The molecular formula is C7H14N2O3. The van der Waals surface area contributed by atoms with E-state index in [1.807, 2.05) is 19.3 Å². The van der Waals surface area contributed by atoms with E-state index < -0.39 is 0 Å². The largest absolute Gasteiger partial charge is 0.354 e. The molecule has 0 rings (SSSR count). The van der Waals surface area contributed by atoms with Gasteiger partial charge in [-0.05, 0) is 5.92 Å². The molecule has 2 amide bonds. The van der Waals surface area contributed by atoms with Gasteiger partial charge in [-0.25, -0.2) is 5.48 Å². The van der Waals surface area contributed by atoms with Crippen LogP contribution in [0, 0.1) is 5.92 Å². The molecule has 2 N–H and O–H groups in total. The van der Waals surface area contributed by atoms with Crippen molar-refractivity contribution in [2.45, 2.75) is 13.8 Å². The highest BCUT2D eigenvalue weighted by Crippen LogP contribution is 1.86. The van der Waals surface area contributed by atoms with Crippen LogP contribution in [0.1, 0.15) is 13.8 Å². The van der Waals surface area contributed by atoms with Crippen molar-refractivity contribution in [1.29, 1.82) is 0 Å². The van der Waals surface area contributed by atoms with Crippen molar-refractivity contribution in [3.8, 4) is 0 Å². The molecule has 0 bridgehead atoms. The average Bonchev–Trinajstić information content (AvgIpc) is 2.01. The second-order valence-corrected chi connectivity index (χ2v) is 2.72. The molecule has 0 unspecified atom stereocenters. The summed E-state index contributed by atoms with van der Waals surface area (Å²) in [6.07, 6.45) is 0.371. The molecule has 5 heteroatoms. The van der Waals surface area contributed by atoms with Gasteiger partial charge in [-0.3, -0.25) is 14.4 Å². The van der Waals surface area contributed by atoms with E-state index in [-0.39, 0.29) is 12.5 Å². The molecule has 0 atom stereocenters. The van der Waals surface area contributed by atoms with E-state index in [0.717, 1.165) is 0 Å². The van der Waals surface area contributed by atoms with E-state index in [2.05, 4.69) is 10.2 Å². The second kappa shape index (κ2) is 6.60. The lowest BCUT2D eigenvalue weighted by Gasteiger charge is -2.06. The number of hydroxylamine groups is 1. The number of carbonyl (C=O) groups is 2. The van der Waals surface area contributed by atoms with E-state index in [1.54, 1.807) is 0 Å². The van der Waals surface area contributed by atoms with Gasteiger partial charge in [-0.15, -0.1) is 0 Å². The van der Waals surface area contributed by atoms with Crippen molar-refractivity contribution in [2.75, 3.05) is 13.2 Å². The molecule has 0 radical (unpaired) electrons. The molecule has 0 aromatic rings. The molecule has 0 aliphatic heterocycles. The Labute approximate surface area is 71.4 Å². The summed E-state index contributed by atoms with van der Waals surface area (Å²) in [7, 11) is 0. The lowest BCUT2D eigenvalue weighted by Crippen LogP contribution is -2.32. The zero-order chi connectivity index (χ0) is 9.40. The van der Waals surface area contributed by atoms with E-state index in [1.165, 1.54) is 0 Å². The van der Waals surface area contributed by atoms with E-state index in [0.29, 0.717) is 18.9 Å². The summed E-state index contributed by atoms with van der Waals surface area (Å²) in [5.74, 6) is 0.172. The molecule has 0 aromatic heterocycles. The van der Waals surface area contributed by atoms with Crippen molar-refractivity contribution >= 4 is 12.3 Å². The topological polar surface area (TPSA) is 67.4 Å². The van der Waals surface area contributed by atoms with Gasteiger partial charge in [0.05, 0.1) is 0 Å². The smallest absolute Gasteiger partial charge is 0.248 e. The van der Waals surface area contributed by atoms with Gasteiger partial charge in [0.2, 0.25) is 12.3 Å². The minimum Gasteiger partial charge on any atom is -0.354 e. The molecule has 0 heterocycles. The van der Waals surface area contributed by atoms with Crippen LogP contribution in [-0.2, 0) is 14.4 Å². The molecule has 0 saturated heterocycles. The quantitative estimate of drug-likeness (QED) is 0.322. The summed E-state index contributed by atoms with van der Waals surface area (Å²) < 4.78 is 0. The first-order valence-corrected chi connectivity index (χ1v) is 3.74. The molecule has 5 nitrogen and oxygen atoms in total. The monoisotopic (exact) mass is 174 g/mol. The van der Waals surface area contributed by atoms with Crippen LogP contribution in [0.5, 0.6) is 0 Å². The predicted molar refractivity (Wildman–Crippen MR) is 43.0 cm³/mol. The van der Waals surface area contributed by atoms with Crippen molar-refractivity contribution < 1.29 is 14.4 Å². The average molecular weight is 174 g/mol. The fourth-order valence-electron chi connectivity index (χ4n) is 0.510. The minimum atomic E-state index is -0.238. The van der Waals surface area contributed by atoms with E-state index >= 15 is 0 Å². The Hall–Kier alpha value is -1.10. The zero-order valence-corrected chi connectivity index (χ0v) is 7.29. The highest BCUT2D eigenvalue weighted by molar-refractivity contribution is 5.77. The number of hydrogen-bond acceptors (Lipinski definition) is 3. The van der Waals surface area contributed by atoms with Crippen LogP contribution in [0.15, 0.2) is 0 Å². The first kappa shape index (κ1) is 10.9. The highest BCUT2D eigenvalue weighted by atomic mass is 16.6. The fourth-order valence-corrected chi connectivity index (χ4v) is 0.510. The summed E-state index contributed by atoms with van der Waals surface area (Å²) in [5, 5.41) is 2.62. The lowest BCUT2D eigenvalue weighted by atomic mass is 10.2. The third kappa shape index (κ3) is 7.01. The Morgan fingerprint density at radius 3 is 2.75 bits per heavy atom. The number of amides is 2. The van der Waals surface area contributed by atoms with Crippen LogP contribution in [0.4, 0.5) is 0 Å². The summed E-state index contributed by atoms with van der Waals surface area (Å²) in [5.41, 5.74) is 1.93. The Kier molecular flexibility index (Phi) is 6.00. The third-order valence-electron chi connectivity index (χ3n) is 1.04. The maximum Gasteiger partial charge on any atom is 0.248 e. The number of nitrogens with one attached hydrogen (secondary N) is 2. The van der Waals surface area contributed by atoms with Gasteiger partial charge in [0.15, 0.2) is 6.61 Å². The van der Waals surface area contributed by atoms with Crippen molar-refractivity contribution in [3.63, 3.8) is 0 Å². The van der Waals surface area contributed by atoms with Crippen LogP contribution in [-0.4, -0.2) is 25.5 Å². The van der Waals surface area contributed by atoms with Crippen LogP contribution in [0.3, 0.4) is 0 Å². The van der Waals surface area contributed by atoms with E-state index in [9.17, 15) is 9.59 Å². The number of carbonyl (C=O) groups excluding carboxylic acids is 2. The van der Waals surface area contributed by atoms with Crippen LogP contribution < -0.4 is 10.8 Å². The first-order valence-electron chi connectivity index (χ1n) is 3.74. The Morgan fingerprint density at radius 2 is 2.25 bits per heavy atom. The lowest BCUT2D eigenvalue weighted by molar-refractivity contribution is -0.132. The summed E-state index contributed by atoms with van der Waals surface area (Å²) in [6.45, 7) is 4.45. The maximum absolute atomic E-state index is 10.8. The molecular weight excluding hydrogens is 160 g/mol.